The summed E-state index contributed by atoms with van der Waals surface area (Å²) in [5.74, 6) is 0.562. The molecule has 1 unspecified atom stereocenters. The zero-order valence-electron chi connectivity index (χ0n) is 14.0. The van der Waals surface area contributed by atoms with Gasteiger partial charge in [0.15, 0.2) is 0 Å². The minimum atomic E-state index is -0.211. The number of rotatable bonds is 3. The second-order valence-corrected chi connectivity index (χ2v) is 7.48. The molecule has 1 aliphatic carbocycles. The van der Waals surface area contributed by atoms with Crippen LogP contribution in [0, 0.1) is 5.92 Å². The van der Waals surface area contributed by atoms with Crippen LogP contribution in [-0.4, -0.2) is 41.5 Å². The van der Waals surface area contributed by atoms with Gasteiger partial charge in [-0.05, 0) is 52.4 Å². The average molecular weight is 307 g/mol. The Morgan fingerprint density at radius 1 is 1.18 bits per heavy atom. The molecule has 5 nitrogen and oxygen atoms in total. The van der Waals surface area contributed by atoms with Crippen molar-refractivity contribution in [3.05, 3.63) is 12.2 Å². The summed E-state index contributed by atoms with van der Waals surface area (Å²) in [7, 11) is 0. The first kappa shape index (κ1) is 16.8. The van der Waals surface area contributed by atoms with Crippen molar-refractivity contribution in [2.45, 2.75) is 64.5 Å². The summed E-state index contributed by atoms with van der Waals surface area (Å²) < 4.78 is 0. The van der Waals surface area contributed by atoms with E-state index in [4.69, 9.17) is 0 Å². The van der Waals surface area contributed by atoms with Crippen LogP contribution in [0.5, 0.6) is 0 Å². The summed E-state index contributed by atoms with van der Waals surface area (Å²) in [6.45, 7) is 7.35. The van der Waals surface area contributed by atoms with Crippen molar-refractivity contribution in [2.75, 3.05) is 13.1 Å². The van der Waals surface area contributed by atoms with Gasteiger partial charge in [-0.2, -0.15) is 0 Å². The van der Waals surface area contributed by atoms with Crippen LogP contribution in [0.15, 0.2) is 12.2 Å². The molecule has 0 aromatic carbocycles. The number of carbonyl (C=O) groups is 2. The average Bonchev–Trinajstić information content (AvgIpc) is 2.90. The number of nitrogens with zero attached hydrogens (tertiary/aromatic N) is 1. The number of allylic oxidation sites excluding steroid dienone is 2. The van der Waals surface area contributed by atoms with Crippen LogP contribution in [0.4, 0.5) is 4.79 Å². The zero-order valence-corrected chi connectivity index (χ0v) is 14.0. The Morgan fingerprint density at radius 2 is 1.86 bits per heavy atom. The van der Waals surface area contributed by atoms with Crippen molar-refractivity contribution in [3.8, 4) is 0 Å². The van der Waals surface area contributed by atoms with Gasteiger partial charge >= 0.3 is 6.03 Å². The van der Waals surface area contributed by atoms with Crippen molar-refractivity contribution in [3.63, 3.8) is 0 Å². The van der Waals surface area contributed by atoms with E-state index >= 15 is 0 Å². The van der Waals surface area contributed by atoms with Gasteiger partial charge in [-0.3, -0.25) is 4.79 Å². The highest BCUT2D eigenvalue weighted by Gasteiger charge is 2.26. The highest BCUT2D eigenvalue weighted by molar-refractivity contribution is 5.77. The van der Waals surface area contributed by atoms with Gasteiger partial charge in [0.25, 0.3) is 0 Å². The van der Waals surface area contributed by atoms with E-state index in [0.717, 1.165) is 25.7 Å². The fraction of sp³-hybridized carbons (Fsp3) is 0.765. The molecule has 1 heterocycles. The molecule has 1 saturated heterocycles. The fourth-order valence-electron chi connectivity index (χ4n) is 3.02. The molecule has 124 valence electrons. The lowest BCUT2D eigenvalue weighted by molar-refractivity contribution is -0.122. The van der Waals surface area contributed by atoms with E-state index in [1.54, 1.807) is 0 Å². The first-order valence-corrected chi connectivity index (χ1v) is 8.36. The van der Waals surface area contributed by atoms with Crippen LogP contribution in [0.3, 0.4) is 0 Å². The predicted octanol–water partition coefficient (Wildman–Crippen LogP) is 2.43. The molecule has 2 rings (SSSR count). The topological polar surface area (TPSA) is 61.4 Å². The van der Waals surface area contributed by atoms with E-state index in [1.165, 1.54) is 0 Å². The van der Waals surface area contributed by atoms with E-state index in [0.29, 0.717) is 25.4 Å². The molecule has 0 saturated carbocycles. The number of nitrogens with one attached hydrogen (secondary N) is 2. The number of piperidine rings is 1. The highest BCUT2D eigenvalue weighted by atomic mass is 16.2. The Bertz CT molecular complexity index is 432. The lowest BCUT2D eigenvalue weighted by Gasteiger charge is -2.34. The van der Waals surface area contributed by atoms with Crippen LogP contribution in [0.1, 0.15) is 52.9 Å². The summed E-state index contributed by atoms with van der Waals surface area (Å²) in [5.41, 5.74) is -0.211. The van der Waals surface area contributed by atoms with Gasteiger partial charge in [-0.25, -0.2) is 4.79 Å². The van der Waals surface area contributed by atoms with Gasteiger partial charge in [0.05, 0.1) is 0 Å². The first-order valence-electron chi connectivity index (χ1n) is 8.36. The molecule has 0 aromatic heterocycles. The molecule has 0 radical (unpaired) electrons. The number of hydrogen-bond donors (Lipinski definition) is 2. The molecule has 3 amide bonds. The van der Waals surface area contributed by atoms with Crippen molar-refractivity contribution < 1.29 is 9.59 Å². The molecule has 1 atom stereocenters. The molecule has 0 aromatic rings. The largest absolute Gasteiger partial charge is 0.353 e. The summed E-state index contributed by atoms with van der Waals surface area (Å²) in [6, 6.07) is 0.199. The number of carbonyl (C=O) groups excluding carboxylic acids is 2. The Labute approximate surface area is 133 Å². The van der Waals surface area contributed by atoms with Gasteiger partial charge in [-0.1, -0.05) is 12.2 Å². The van der Waals surface area contributed by atoms with Gasteiger partial charge < -0.3 is 15.5 Å². The van der Waals surface area contributed by atoms with Crippen molar-refractivity contribution in [1.82, 2.24) is 15.5 Å². The maximum Gasteiger partial charge on any atom is 0.317 e. The first-order chi connectivity index (χ1) is 10.3. The van der Waals surface area contributed by atoms with Crippen LogP contribution in [0.25, 0.3) is 0 Å². The molecule has 22 heavy (non-hydrogen) atoms. The lowest BCUT2D eigenvalue weighted by atomic mass is 10.0. The number of amides is 3. The Hall–Kier alpha value is -1.52. The Balaban J connectivity index is 1.69. The highest BCUT2D eigenvalue weighted by Crippen LogP contribution is 2.20. The minimum absolute atomic E-state index is 0.00614. The summed E-state index contributed by atoms with van der Waals surface area (Å²) >= 11 is 0. The summed E-state index contributed by atoms with van der Waals surface area (Å²) in [4.78, 5) is 26.0. The molecule has 2 N–H and O–H groups in total. The smallest absolute Gasteiger partial charge is 0.317 e. The van der Waals surface area contributed by atoms with Crippen molar-refractivity contribution in [2.24, 2.45) is 5.92 Å². The molecule has 0 spiro atoms. The maximum absolute atomic E-state index is 12.1. The zero-order chi connectivity index (χ0) is 16.2. The third kappa shape index (κ3) is 5.35. The molecule has 1 fully saturated rings. The molecule has 1 aliphatic heterocycles. The van der Waals surface area contributed by atoms with Crippen LogP contribution < -0.4 is 10.6 Å². The third-order valence-corrected chi connectivity index (χ3v) is 4.19. The van der Waals surface area contributed by atoms with Gasteiger partial charge in [0.1, 0.15) is 0 Å². The van der Waals surface area contributed by atoms with Crippen molar-refractivity contribution >= 4 is 11.9 Å². The van der Waals surface area contributed by atoms with E-state index in [-0.39, 0.29) is 23.5 Å². The third-order valence-electron chi connectivity index (χ3n) is 4.19. The van der Waals surface area contributed by atoms with Gasteiger partial charge in [0.2, 0.25) is 5.91 Å². The van der Waals surface area contributed by atoms with Gasteiger partial charge in [-0.15, -0.1) is 0 Å². The quantitative estimate of drug-likeness (QED) is 0.787. The minimum Gasteiger partial charge on any atom is -0.353 e. The molecule has 2 aliphatic rings. The molecule has 5 heteroatoms. The molecule has 0 bridgehead atoms. The van der Waals surface area contributed by atoms with Crippen LogP contribution in [-0.2, 0) is 4.79 Å². The second-order valence-electron chi connectivity index (χ2n) is 7.48. The number of hydrogen-bond acceptors (Lipinski definition) is 2. The van der Waals surface area contributed by atoms with E-state index in [1.807, 2.05) is 25.7 Å². The summed E-state index contributed by atoms with van der Waals surface area (Å²) in [6.07, 6.45) is 8.77. The monoisotopic (exact) mass is 307 g/mol. The van der Waals surface area contributed by atoms with Crippen LogP contribution >= 0.6 is 0 Å². The van der Waals surface area contributed by atoms with E-state index < -0.39 is 0 Å². The maximum atomic E-state index is 12.1. The lowest BCUT2D eigenvalue weighted by Crippen LogP contribution is -2.53. The normalized spacial score (nSPS) is 22.7. The SMILES string of the molecule is CC(C)(C)NC(=O)N1CCC(NC(=O)CC2C=CCC2)CC1. The summed E-state index contributed by atoms with van der Waals surface area (Å²) in [5, 5.41) is 6.11. The second kappa shape index (κ2) is 7.16. The Morgan fingerprint density at radius 3 is 2.41 bits per heavy atom. The standard InChI is InChI=1S/C17H29N3O2/c1-17(2,3)19-16(22)20-10-8-14(9-11-20)18-15(21)12-13-6-4-5-7-13/h4,6,13-14H,5,7-12H2,1-3H3,(H,18,21)(H,19,22). The van der Waals surface area contributed by atoms with Gasteiger partial charge in [0, 0.05) is 31.1 Å². The number of urea groups is 1. The predicted molar refractivity (Wildman–Crippen MR) is 87.5 cm³/mol. The fourth-order valence-corrected chi connectivity index (χ4v) is 3.02. The molecular formula is C17H29N3O2. The van der Waals surface area contributed by atoms with Crippen molar-refractivity contribution in [1.29, 1.82) is 0 Å². The van der Waals surface area contributed by atoms with Crippen LogP contribution in [0.2, 0.25) is 0 Å². The van der Waals surface area contributed by atoms with E-state index in [9.17, 15) is 9.59 Å². The number of likely N-dealkylation sites (tertiary alicyclic amines) is 1. The Kier molecular flexibility index (Phi) is 5.48. The molecular weight excluding hydrogens is 278 g/mol. The van der Waals surface area contributed by atoms with E-state index in [2.05, 4.69) is 22.8 Å².